The minimum atomic E-state index is -0.106. The smallest absolute Gasteiger partial charge is 0.318 e. The molecule has 2 aromatic rings. The molecule has 25 heavy (non-hydrogen) atoms. The Kier molecular flexibility index (Phi) is 5.81. The van der Waals surface area contributed by atoms with E-state index in [-0.39, 0.29) is 12.1 Å². The summed E-state index contributed by atoms with van der Waals surface area (Å²) in [5.74, 6) is 1.51. The predicted molar refractivity (Wildman–Crippen MR) is 99.4 cm³/mol. The average molecular weight is 360 g/mol. The monoisotopic (exact) mass is 360 g/mol. The number of hydrogen-bond donors (Lipinski definition) is 1. The first-order valence-electron chi connectivity index (χ1n) is 8.63. The van der Waals surface area contributed by atoms with Crippen molar-refractivity contribution in [1.82, 2.24) is 10.2 Å². The Morgan fingerprint density at radius 1 is 1.28 bits per heavy atom. The summed E-state index contributed by atoms with van der Waals surface area (Å²) in [7, 11) is 0. The molecular formula is C19H24N2O3S. The van der Waals surface area contributed by atoms with Gasteiger partial charge in [-0.25, -0.2) is 4.79 Å². The highest BCUT2D eigenvalue weighted by Gasteiger charge is 2.19. The maximum atomic E-state index is 12.7. The molecule has 1 atom stereocenters. The van der Waals surface area contributed by atoms with E-state index in [1.165, 1.54) is 5.56 Å². The molecule has 1 aliphatic heterocycles. The van der Waals surface area contributed by atoms with Crippen LogP contribution < -0.4 is 14.8 Å². The molecule has 3 rings (SSSR count). The molecule has 0 saturated heterocycles. The van der Waals surface area contributed by atoms with Gasteiger partial charge in [-0.05, 0) is 53.4 Å². The van der Waals surface area contributed by atoms with E-state index in [0.717, 1.165) is 30.0 Å². The second-order valence-electron chi connectivity index (χ2n) is 6.13. The highest BCUT2D eigenvalue weighted by molar-refractivity contribution is 7.07. The van der Waals surface area contributed by atoms with Crippen molar-refractivity contribution < 1.29 is 14.3 Å². The quantitative estimate of drug-likeness (QED) is 0.840. The Labute approximate surface area is 152 Å². The van der Waals surface area contributed by atoms with E-state index in [4.69, 9.17) is 9.47 Å². The molecule has 1 unspecified atom stereocenters. The maximum absolute atomic E-state index is 12.7. The van der Waals surface area contributed by atoms with Crippen molar-refractivity contribution in [1.29, 1.82) is 0 Å². The third kappa shape index (κ3) is 4.45. The molecule has 0 bridgehead atoms. The lowest BCUT2D eigenvalue weighted by atomic mass is 10.1. The van der Waals surface area contributed by atoms with Gasteiger partial charge in [0.25, 0.3) is 0 Å². The number of benzene rings is 1. The fourth-order valence-corrected chi connectivity index (χ4v) is 3.47. The first kappa shape index (κ1) is 17.6. The largest absolute Gasteiger partial charge is 0.486 e. The molecule has 2 amide bonds. The van der Waals surface area contributed by atoms with E-state index in [0.29, 0.717) is 19.8 Å². The molecule has 2 heterocycles. The van der Waals surface area contributed by atoms with Gasteiger partial charge in [-0.1, -0.05) is 13.0 Å². The van der Waals surface area contributed by atoms with Crippen LogP contribution in [0.15, 0.2) is 35.0 Å². The Bertz CT molecular complexity index is 703. The van der Waals surface area contributed by atoms with Crippen LogP contribution >= 0.6 is 11.3 Å². The molecule has 1 N–H and O–H groups in total. The zero-order valence-corrected chi connectivity index (χ0v) is 15.5. The molecule has 1 aliphatic rings. The number of fused-ring (bicyclic) bond motifs is 1. The van der Waals surface area contributed by atoms with Crippen LogP contribution in [-0.2, 0) is 6.54 Å². The zero-order valence-electron chi connectivity index (χ0n) is 14.7. The summed E-state index contributed by atoms with van der Waals surface area (Å²) in [6, 6.07) is 7.73. The predicted octanol–water partition coefficient (Wildman–Crippen LogP) is 4.20. The molecular weight excluding hydrogens is 336 g/mol. The highest BCUT2D eigenvalue weighted by atomic mass is 32.1. The van der Waals surface area contributed by atoms with E-state index in [1.54, 1.807) is 11.3 Å². The molecule has 5 nitrogen and oxygen atoms in total. The summed E-state index contributed by atoms with van der Waals surface area (Å²) >= 11 is 1.65. The minimum Gasteiger partial charge on any atom is -0.486 e. The number of thiophene rings is 1. The standard InChI is InChI=1S/C19H24N2O3S/c1-3-7-21(12-15-6-10-25-13-15)19(22)20-14(2)16-4-5-17-18(11-16)24-9-8-23-17/h4-6,10-11,13-14H,3,7-9,12H2,1-2H3,(H,20,22). The number of urea groups is 1. The average Bonchev–Trinajstić information content (AvgIpc) is 3.14. The number of rotatable bonds is 6. The normalized spacial score (nSPS) is 14.0. The van der Waals surface area contributed by atoms with Gasteiger partial charge >= 0.3 is 6.03 Å². The topological polar surface area (TPSA) is 50.8 Å². The molecule has 0 aliphatic carbocycles. The summed E-state index contributed by atoms with van der Waals surface area (Å²) in [5, 5.41) is 7.21. The summed E-state index contributed by atoms with van der Waals surface area (Å²) in [6.07, 6.45) is 0.927. The fourth-order valence-electron chi connectivity index (χ4n) is 2.81. The van der Waals surface area contributed by atoms with Gasteiger partial charge in [-0.3, -0.25) is 0 Å². The van der Waals surface area contributed by atoms with Crippen molar-refractivity contribution in [3.05, 3.63) is 46.2 Å². The Hall–Kier alpha value is -2.21. The van der Waals surface area contributed by atoms with Crippen LogP contribution in [0.3, 0.4) is 0 Å². The number of carbonyl (C=O) groups excluding carboxylic acids is 1. The van der Waals surface area contributed by atoms with Crippen LogP contribution in [0.1, 0.15) is 37.4 Å². The van der Waals surface area contributed by atoms with E-state index < -0.39 is 0 Å². The Morgan fingerprint density at radius 3 is 2.80 bits per heavy atom. The molecule has 0 radical (unpaired) electrons. The second-order valence-corrected chi connectivity index (χ2v) is 6.91. The summed E-state index contributed by atoms with van der Waals surface area (Å²) < 4.78 is 11.2. The van der Waals surface area contributed by atoms with E-state index in [9.17, 15) is 4.79 Å². The molecule has 6 heteroatoms. The lowest BCUT2D eigenvalue weighted by molar-refractivity contribution is 0.171. The maximum Gasteiger partial charge on any atom is 0.318 e. The number of carbonyl (C=O) groups is 1. The van der Waals surface area contributed by atoms with Gasteiger partial charge in [-0.2, -0.15) is 11.3 Å². The highest BCUT2D eigenvalue weighted by Crippen LogP contribution is 2.32. The second kappa shape index (κ2) is 8.25. The van der Waals surface area contributed by atoms with Gasteiger partial charge in [0.1, 0.15) is 13.2 Å². The van der Waals surface area contributed by atoms with Crippen LogP contribution in [0.5, 0.6) is 11.5 Å². The molecule has 0 saturated carbocycles. The van der Waals surface area contributed by atoms with Crippen LogP contribution in [0.4, 0.5) is 4.79 Å². The number of amides is 2. The summed E-state index contributed by atoms with van der Waals surface area (Å²) in [6.45, 7) is 6.57. The van der Waals surface area contributed by atoms with E-state index in [2.05, 4.69) is 23.7 Å². The van der Waals surface area contributed by atoms with Gasteiger partial charge in [-0.15, -0.1) is 0 Å². The van der Waals surface area contributed by atoms with Crippen molar-refractivity contribution in [2.24, 2.45) is 0 Å². The van der Waals surface area contributed by atoms with Gasteiger partial charge in [0.05, 0.1) is 6.04 Å². The van der Waals surface area contributed by atoms with Crippen LogP contribution in [0.25, 0.3) is 0 Å². The molecule has 0 fully saturated rings. The van der Waals surface area contributed by atoms with E-state index >= 15 is 0 Å². The number of nitrogens with one attached hydrogen (secondary N) is 1. The van der Waals surface area contributed by atoms with Crippen molar-refractivity contribution >= 4 is 17.4 Å². The van der Waals surface area contributed by atoms with Crippen molar-refractivity contribution in [2.45, 2.75) is 32.9 Å². The van der Waals surface area contributed by atoms with Crippen molar-refractivity contribution in [2.75, 3.05) is 19.8 Å². The zero-order chi connectivity index (χ0) is 17.6. The third-order valence-electron chi connectivity index (χ3n) is 4.14. The van der Waals surface area contributed by atoms with Crippen LogP contribution in [0.2, 0.25) is 0 Å². The molecule has 1 aromatic carbocycles. The summed E-state index contributed by atoms with van der Waals surface area (Å²) in [5.41, 5.74) is 2.17. The number of hydrogen-bond acceptors (Lipinski definition) is 4. The molecule has 1 aromatic heterocycles. The SMILES string of the molecule is CCCN(Cc1ccsc1)C(=O)NC(C)c1ccc2c(c1)OCCO2. The molecule has 134 valence electrons. The first-order valence-corrected chi connectivity index (χ1v) is 9.57. The fraction of sp³-hybridized carbons (Fsp3) is 0.421. The number of ether oxygens (including phenoxy) is 2. The van der Waals surface area contributed by atoms with Gasteiger partial charge in [0.15, 0.2) is 11.5 Å². The summed E-state index contributed by atoms with van der Waals surface area (Å²) in [4.78, 5) is 14.6. The van der Waals surface area contributed by atoms with Gasteiger partial charge in [0.2, 0.25) is 0 Å². The number of nitrogens with zero attached hydrogens (tertiary/aromatic N) is 1. The lowest BCUT2D eigenvalue weighted by Gasteiger charge is -2.25. The molecule has 0 spiro atoms. The third-order valence-corrected chi connectivity index (χ3v) is 4.87. The van der Waals surface area contributed by atoms with Crippen LogP contribution in [-0.4, -0.2) is 30.7 Å². The Balaban J connectivity index is 1.65. The van der Waals surface area contributed by atoms with Gasteiger partial charge in [0, 0.05) is 13.1 Å². The van der Waals surface area contributed by atoms with E-state index in [1.807, 2.05) is 35.4 Å². The van der Waals surface area contributed by atoms with Crippen LogP contribution in [0, 0.1) is 0 Å². The lowest BCUT2D eigenvalue weighted by Crippen LogP contribution is -2.41. The van der Waals surface area contributed by atoms with Gasteiger partial charge < -0.3 is 19.7 Å². The van der Waals surface area contributed by atoms with Crippen molar-refractivity contribution in [3.63, 3.8) is 0 Å². The van der Waals surface area contributed by atoms with Crippen molar-refractivity contribution in [3.8, 4) is 11.5 Å². The minimum absolute atomic E-state index is 0.0459. The Morgan fingerprint density at radius 2 is 2.08 bits per heavy atom. The first-order chi connectivity index (χ1) is 12.2.